The Bertz CT molecular complexity index is 1370. The SMILES string of the molecule is COc1cc(/C=C/c2nc3ccccc3c(=O)n2-c2ccc(C(=O)O)cc2)ccc1[O-]. The summed E-state index contributed by atoms with van der Waals surface area (Å²) in [6, 6.07) is 17.7. The van der Waals surface area contributed by atoms with E-state index in [1.807, 2.05) is 0 Å². The number of hydrogen-bond donors (Lipinski definition) is 1. The second-order valence-electron chi connectivity index (χ2n) is 6.72. The zero-order chi connectivity index (χ0) is 22.0. The second kappa shape index (κ2) is 8.16. The van der Waals surface area contributed by atoms with Crippen LogP contribution in [-0.2, 0) is 0 Å². The predicted molar refractivity (Wildman–Crippen MR) is 116 cm³/mol. The summed E-state index contributed by atoms with van der Waals surface area (Å²) < 4.78 is 6.49. The lowest BCUT2D eigenvalue weighted by Crippen LogP contribution is -2.22. The molecule has 0 saturated carbocycles. The Morgan fingerprint density at radius 3 is 2.52 bits per heavy atom. The van der Waals surface area contributed by atoms with E-state index in [4.69, 9.17) is 9.84 Å². The highest BCUT2D eigenvalue weighted by Crippen LogP contribution is 2.25. The number of ether oxygens (including phenoxy) is 1. The van der Waals surface area contributed by atoms with Crippen LogP contribution in [0.15, 0.2) is 71.5 Å². The topological polar surface area (TPSA) is 104 Å². The van der Waals surface area contributed by atoms with Gasteiger partial charge in [0.1, 0.15) is 11.6 Å². The van der Waals surface area contributed by atoms with Crippen molar-refractivity contribution in [1.29, 1.82) is 0 Å². The van der Waals surface area contributed by atoms with Gasteiger partial charge >= 0.3 is 5.97 Å². The lowest BCUT2D eigenvalue weighted by Gasteiger charge is -2.13. The lowest BCUT2D eigenvalue weighted by atomic mass is 10.1. The van der Waals surface area contributed by atoms with Gasteiger partial charge in [-0.1, -0.05) is 36.1 Å². The number of hydrogen-bond acceptors (Lipinski definition) is 5. The first-order valence-corrected chi connectivity index (χ1v) is 9.36. The molecule has 4 aromatic rings. The molecule has 0 aliphatic heterocycles. The van der Waals surface area contributed by atoms with Gasteiger partial charge in [-0.05, 0) is 54.1 Å². The molecule has 0 unspecified atom stereocenters. The van der Waals surface area contributed by atoms with Crippen molar-refractivity contribution in [3.63, 3.8) is 0 Å². The first-order chi connectivity index (χ1) is 15.0. The minimum Gasteiger partial charge on any atom is -0.870 e. The van der Waals surface area contributed by atoms with Crippen LogP contribution < -0.4 is 15.4 Å². The molecule has 0 aliphatic carbocycles. The summed E-state index contributed by atoms with van der Waals surface area (Å²) in [6.45, 7) is 0. The number of fused-ring (bicyclic) bond motifs is 1. The van der Waals surface area contributed by atoms with Crippen molar-refractivity contribution < 1.29 is 19.7 Å². The van der Waals surface area contributed by atoms with E-state index < -0.39 is 5.97 Å². The molecule has 1 N–H and O–H groups in total. The fourth-order valence-electron chi connectivity index (χ4n) is 3.22. The first kappa shape index (κ1) is 19.9. The zero-order valence-electron chi connectivity index (χ0n) is 16.5. The predicted octanol–water partition coefficient (Wildman–Crippen LogP) is 3.34. The van der Waals surface area contributed by atoms with Crippen LogP contribution in [0.2, 0.25) is 0 Å². The van der Waals surface area contributed by atoms with E-state index in [2.05, 4.69) is 4.98 Å². The Balaban J connectivity index is 1.88. The van der Waals surface area contributed by atoms with Gasteiger partial charge in [0.2, 0.25) is 0 Å². The highest BCUT2D eigenvalue weighted by Gasteiger charge is 2.12. The molecule has 0 amide bonds. The number of benzene rings is 3. The summed E-state index contributed by atoms with van der Waals surface area (Å²) >= 11 is 0. The molecule has 7 nitrogen and oxygen atoms in total. The number of carbonyl (C=O) groups is 1. The molecule has 4 rings (SSSR count). The van der Waals surface area contributed by atoms with Gasteiger partial charge in [-0.15, -0.1) is 0 Å². The molecule has 3 aromatic carbocycles. The molecule has 1 heterocycles. The summed E-state index contributed by atoms with van der Waals surface area (Å²) in [7, 11) is 1.42. The van der Waals surface area contributed by atoms with Crippen LogP contribution >= 0.6 is 0 Å². The summed E-state index contributed by atoms with van der Waals surface area (Å²) in [4.78, 5) is 29.0. The van der Waals surface area contributed by atoms with Crippen LogP contribution in [0.4, 0.5) is 0 Å². The standard InChI is InChI=1S/C24H18N2O5/c1-31-21-14-15(6-12-20(21)27)7-13-22-25-19-5-3-2-4-18(19)23(28)26(22)17-10-8-16(9-11-17)24(29)30/h2-14,27H,1H3,(H,29,30)/p-1/b13-7+. The summed E-state index contributed by atoms with van der Waals surface area (Å²) in [5.41, 5.74) is 1.57. The monoisotopic (exact) mass is 413 g/mol. The minimum absolute atomic E-state index is 0.118. The van der Waals surface area contributed by atoms with E-state index in [0.29, 0.717) is 28.0 Å². The number of carboxylic acids is 1. The lowest BCUT2D eigenvalue weighted by molar-refractivity contribution is -0.270. The van der Waals surface area contributed by atoms with E-state index >= 15 is 0 Å². The molecule has 0 aliphatic rings. The van der Waals surface area contributed by atoms with Crippen molar-refractivity contribution in [2.45, 2.75) is 0 Å². The first-order valence-electron chi connectivity index (χ1n) is 9.36. The maximum atomic E-state index is 13.2. The molecule has 0 radical (unpaired) electrons. The number of aromatic nitrogens is 2. The average molecular weight is 413 g/mol. The van der Waals surface area contributed by atoms with E-state index in [9.17, 15) is 14.7 Å². The molecule has 0 spiro atoms. The Labute approximate surface area is 177 Å². The Kier molecular flexibility index (Phi) is 5.24. The van der Waals surface area contributed by atoms with Gasteiger partial charge < -0.3 is 14.9 Å². The normalized spacial score (nSPS) is 11.1. The molecular weight excluding hydrogens is 396 g/mol. The molecule has 0 bridgehead atoms. The fourth-order valence-corrected chi connectivity index (χ4v) is 3.22. The third-order valence-electron chi connectivity index (χ3n) is 4.79. The molecule has 31 heavy (non-hydrogen) atoms. The molecule has 7 heteroatoms. The van der Waals surface area contributed by atoms with Crippen LogP contribution in [0.25, 0.3) is 28.7 Å². The quantitative estimate of drug-likeness (QED) is 0.538. The zero-order valence-corrected chi connectivity index (χ0v) is 16.5. The van der Waals surface area contributed by atoms with Crippen LogP contribution in [-0.4, -0.2) is 27.7 Å². The molecule has 0 fully saturated rings. The number of aromatic carboxylic acids is 1. The summed E-state index contributed by atoms with van der Waals surface area (Å²) in [6.07, 6.45) is 3.39. The highest BCUT2D eigenvalue weighted by atomic mass is 16.5. The number of carboxylic acid groups (broad SMARTS) is 1. The van der Waals surface area contributed by atoms with E-state index in [1.165, 1.54) is 29.9 Å². The second-order valence-corrected chi connectivity index (χ2v) is 6.72. The van der Waals surface area contributed by atoms with Crippen LogP contribution in [0.5, 0.6) is 11.5 Å². The van der Waals surface area contributed by atoms with Crippen molar-refractivity contribution in [2.24, 2.45) is 0 Å². The van der Waals surface area contributed by atoms with Crippen molar-refractivity contribution in [3.05, 3.63) is 94.0 Å². The molecule has 1 aromatic heterocycles. The fraction of sp³-hybridized carbons (Fsp3) is 0.0417. The smallest absolute Gasteiger partial charge is 0.335 e. The van der Waals surface area contributed by atoms with Gasteiger partial charge in [0.05, 0.1) is 29.3 Å². The van der Waals surface area contributed by atoms with Gasteiger partial charge in [0, 0.05) is 0 Å². The highest BCUT2D eigenvalue weighted by molar-refractivity contribution is 5.88. The van der Waals surface area contributed by atoms with E-state index in [1.54, 1.807) is 60.7 Å². The van der Waals surface area contributed by atoms with Gasteiger partial charge in [0.25, 0.3) is 5.56 Å². The van der Waals surface area contributed by atoms with E-state index in [-0.39, 0.29) is 22.6 Å². The molecule has 154 valence electrons. The van der Waals surface area contributed by atoms with Gasteiger partial charge in [0.15, 0.2) is 0 Å². The molecular formula is C24H17N2O5-. The van der Waals surface area contributed by atoms with Crippen molar-refractivity contribution in [2.75, 3.05) is 7.11 Å². The average Bonchev–Trinajstić information content (AvgIpc) is 2.78. The Hall–Kier alpha value is -4.39. The number of rotatable bonds is 5. The van der Waals surface area contributed by atoms with Crippen LogP contribution in [0.3, 0.4) is 0 Å². The maximum absolute atomic E-state index is 13.2. The third-order valence-corrected chi connectivity index (χ3v) is 4.79. The minimum atomic E-state index is -1.05. The van der Waals surface area contributed by atoms with Gasteiger partial charge in [-0.3, -0.25) is 9.36 Å². The van der Waals surface area contributed by atoms with Crippen molar-refractivity contribution in [3.8, 4) is 17.2 Å². The summed E-state index contributed by atoms with van der Waals surface area (Å²) in [5.74, 6) is -0.697. The van der Waals surface area contributed by atoms with Crippen LogP contribution in [0.1, 0.15) is 21.7 Å². The third kappa shape index (κ3) is 3.89. The maximum Gasteiger partial charge on any atom is 0.335 e. The number of para-hydroxylation sites is 1. The largest absolute Gasteiger partial charge is 0.870 e. The van der Waals surface area contributed by atoms with Gasteiger partial charge in [-0.25, -0.2) is 9.78 Å². The molecule has 0 saturated heterocycles. The van der Waals surface area contributed by atoms with Crippen LogP contribution in [0, 0.1) is 0 Å². The molecule has 0 atom stereocenters. The summed E-state index contributed by atoms with van der Waals surface area (Å²) in [5, 5.41) is 21.3. The van der Waals surface area contributed by atoms with Gasteiger partial charge in [-0.2, -0.15) is 0 Å². The van der Waals surface area contributed by atoms with Crippen molar-refractivity contribution in [1.82, 2.24) is 9.55 Å². The number of methoxy groups -OCH3 is 1. The number of nitrogens with zero attached hydrogens (tertiary/aromatic N) is 2. The Morgan fingerprint density at radius 2 is 1.81 bits per heavy atom. The van der Waals surface area contributed by atoms with Crippen molar-refractivity contribution >= 4 is 29.0 Å². The Morgan fingerprint density at radius 1 is 1.06 bits per heavy atom. The van der Waals surface area contributed by atoms with E-state index in [0.717, 1.165) is 0 Å².